The van der Waals surface area contributed by atoms with E-state index in [2.05, 4.69) is 4.74 Å². The molecule has 5 nitrogen and oxygen atoms in total. The number of non-ortho nitro benzene ring substituents is 1. The third-order valence-electron chi connectivity index (χ3n) is 1.78. The molecule has 1 rings (SSSR count). The van der Waals surface area contributed by atoms with Crippen molar-refractivity contribution in [2.75, 3.05) is 0 Å². The summed E-state index contributed by atoms with van der Waals surface area (Å²) < 4.78 is 39.6. The lowest BCUT2D eigenvalue weighted by atomic mass is 10.1. The summed E-state index contributed by atoms with van der Waals surface area (Å²) in [5.74, 6) is -1.56. The first kappa shape index (κ1) is 12.9. The van der Waals surface area contributed by atoms with E-state index < -0.39 is 28.5 Å². The van der Waals surface area contributed by atoms with Gasteiger partial charge in [0.05, 0.1) is 16.6 Å². The zero-order chi connectivity index (χ0) is 13.2. The Bertz CT molecular complexity index is 470. The lowest BCUT2D eigenvalue weighted by molar-refractivity contribution is -0.385. The highest BCUT2D eigenvalue weighted by Gasteiger charge is 2.33. The van der Waals surface area contributed by atoms with Crippen molar-refractivity contribution in [3.8, 4) is 5.75 Å². The van der Waals surface area contributed by atoms with Crippen LogP contribution in [0.2, 0.25) is 0 Å². The van der Waals surface area contributed by atoms with Crippen LogP contribution in [-0.2, 0) is 0 Å². The molecule has 0 aliphatic rings. The van der Waals surface area contributed by atoms with Crippen LogP contribution >= 0.6 is 0 Å². The molecule has 0 saturated carbocycles. The summed E-state index contributed by atoms with van der Waals surface area (Å²) in [4.78, 5) is 20.5. The second-order valence-electron chi connectivity index (χ2n) is 3.04. The SMILES string of the molecule is CC(=O)c1ccc([N+](=O)[O-])cc1OC(F)(F)F. The molecule has 0 aromatic heterocycles. The minimum absolute atomic E-state index is 0.368. The Kier molecular flexibility index (Phi) is 3.35. The number of nitro benzene ring substituents is 1. The molecule has 0 N–H and O–H groups in total. The minimum Gasteiger partial charge on any atom is -0.405 e. The number of nitro groups is 1. The zero-order valence-corrected chi connectivity index (χ0v) is 8.45. The number of benzene rings is 1. The van der Waals surface area contributed by atoms with Gasteiger partial charge in [-0.25, -0.2) is 0 Å². The monoisotopic (exact) mass is 249 g/mol. The fourth-order valence-corrected chi connectivity index (χ4v) is 1.12. The maximum absolute atomic E-state index is 12.0. The second kappa shape index (κ2) is 4.40. The lowest BCUT2D eigenvalue weighted by Gasteiger charge is -2.11. The van der Waals surface area contributed by atoms with E-state index in [1.807, 2.05) is 0 Å². The van der Waals surface area contributed by atoms with Crippen LogP contribution in [0.25, 0.3) is 0 Å². The summed E-state index contributed by atoms with van der Waals surface area (Å²) in [6, 6.07) is 2.41. The molecule has 0 radical (unpaired) electrons. The molecule has 0 aliphatic carbocycles. The topological polar surface area (TPSA) is 69.4 Å². The van der Waals surface area contributed by atoms with Crippen LogP contribution in [0, 0.1) is 10.1 Å². The van der Waals surface area contributed by atoms with E-state index in [9.17, 15) is 28.1 Å². The van der Waals surface area contributed by atoms with Gasteiger partial charge >= 0.3 is 6.36 Å². The van der Waals surface area contributed by atoms with Gasteiger partial charge in [0.15, 0.2) is 5.78 Å². The molecule has 0 saturated heterocycles. The van der Waals surface area contributed by atoms with Crippen molar-refractivity contribution in [3.63, 3.8) is 0 Å². The summed E-state index contributed by atoms with van der Waals surface area (Å²) in [7, 11) is 0. The first-order chi connectivity index (χ1) is 7.70. The number of ether oxygens (including phenoxy) is 1. The number of Topliss-reactive ketones (excluding diaryl/α,β-unsaturated/α-hetero) is 1. The summed E-state index contributed by atoms with van der Waals surface area (Å²) >= 11 is 0. The van der Waals surface area contributed by atoms with Crippen LogP contribution in [0.15, 0.2) is 18.2 Å². The molecule has 8 heteroatoms. The van der Waals surface area contributed by atoms with Crippen molar-refractivity contribution in [1.82, 2.24) is 0 Å². The van der Waals surface area contributed by atoms with E-state index in [-0.39, 0.29) is 5.56 Å². The summed E-state index contributed by atoms with van der Waals surface area (Å²) in [5.41, 5.74) is -0.956. The first-order valence-corrected chi connectivity index (χ1v) is 4.26. The quantitative estimate of drug-likeness (QED) is 0.469. The van der Waals surface area contributed by atoms with Gasteiger partial charge in [-0.2, -0.15) is 0 Å². The van der Waals surface area contributed by atoms with E-state index in [0.29, 0.717) is 6.07 Å². The molecule has 0 aliphatic heterocycles. The van der Waals surface area contributed by atoms with Gasteiger partial charge in [0, 0.05) is 6.07 Å². The Morgan fingerprint density at radius 1 is 1.41 bits per heavy atom. The average Bonchev–Trinajstić information content (AvgIpc) is 2.14. The number of carbonyl (C=O) groups excluding carboxylic acids is 1. The maximum atomic E-state index is 12.0. The first-order valence-electron chi connectivity index (χ1n) is 4.26. The minimum atomic E-state index is -5.01. The van der Waals surface area contributed by atoms with Gasteiger partial charge in [0.25, 0.3) is 5.69 Å². The van der Waals surface area contributed by atoms with Crippen LogP contribution in [-0.4, -0.2) is 17.1 Å². The van der Waals surface area contributed by atoms with E-state index in [1.165, 1.54) is 0 Å². The van der Waals surface area contributed by atoms with Crippen molar-refractivity contribution in [2.24, 2.45) is 0 Å². The number of rotatable bonds is 3. The van der Waals surface area contributed by atoms with Crippen molar-refractivity contribution in [2.45, 2.75) is 13.3 Å². The predicted octanol–water partition coefficient (Wildman–Crippen LogP) is 2.70. The molecule has 0 bridgehead atoms. The van der Waals surface area contributed by atoms with Crippen LogP contribution in [0.3, 0.4) is 0 Å². The Labute approximate surface area is 93.0 Å². The highest BCUT2D eigenvalue weighted by Crippen LogP contribution is 2.30. The van der Waals surface area contributed by atoms with E-state index in [0.717, 1.165) is 19.1 Å². The fourth-order valence-electron chi connectivity index (χ4n) is 1.12. The van der Waals surface area contributed by atoms with E-state index in [4.69, 9.17) is 0 Å². The molecule has 92 valence electrons. The average molecular weight is 249 g/mol. The molecule has 0 heterocycles. The Morgan fingerprint density at radius 2 is 2.00 bits per heavy atom. The van der Waals surface area contributed by atoms with Gasteiger partial charge in [-0.15, -0.1) is 13.2 Å². The molecule has 1 aromatic rings. The van der Waals surface area contributed by atoms with Crippen molar-refractivity contribution < 1.29 is 27.6 Å². The Morgan fingerprint density at radius 3 is 2.41 bits per heavy atom. The molecule has 17 heavy (non-hydrogen) atoms. The standard InChI is InChI=1S/C9H6F3NO4/c1-5(14)7-3-2-6(13(15)16)4-8(7)17-9(10,11)12/h2-4H,1H3. The van der Waals surface area contributed by atoms with E-state index in [1.54, 1.807) is 0 Å². The van der Waals surface area contributed by atoms with Crippen LogP contribution in [0.5, 0.6) is 5.75 Å². The third-order valence-corrected chi connectivity index (χ3v) is 1.78. The largest absolute Gasteiger partial charge is 0.573 e. The molecule has 0 atom stereocenters. The maximum Gasteiger partial charge on any atom is 0.573 e. The van der Waals surface area contributed by atoms with Crippen molar-refractivity contribution in [3.05, 3.63) is 33.9 Å². The molecule has 0 amide bonds. The number of carbonyl (C=O) groups is 1. The molecule has 0 unspecified atom stereocenters. The molecule has 1 aromatic carbocycles. The van der Waals surface area contributed by atoms with E-state index >= 15 is 0 Å². The normalized spacial score (nSPS) is 11.1. The van der Waals surface area contributed by atoms with Gasteiger partial charge in [-0.1, -0.05) is 0 Å². The van der Waals surface area contributed by atoms with Gasteiger partial charge in [0.1, 0.15) is 5.75 Å². The third kappa shape index (κ3) is 3.44. The molecule has 0 spiro atoms. The number of alkyl halides is 3. The van der Waals surface area contributed by atoms with Crippen LogP contribution < -0.4 is 4.74 Å². The summed E-state index contributed by atoms with van der Waals surface area (Å²) in [6.07, 6.45) is -5.01. The second-order valence-corrected chi connectivity index (χ2v) is 3.04. The van der Waals surface area contributed by atoms with Gasteiger partial charge in [-0.05, 0) is 13.0 Å². The van der Waals surface area contributed by atoms with Gasteiger partial charge in [0.2, 0.25) is 0 Å². The summed E-state index contributed by atoms with van der Waals surface area (Å²) in [6.45, 7) is 1.03. The zero-order valence-electron chi connectivity index (χ0n) is 8.45. The highest BCUT2D eigenvalue weighted by atomic mass is 19.4. The number of hydrogen-bond acceptors (Lipinski definition) is 4. The Balaban J connectivity index is 3.25. The number of hydrogen-bond donors (Lipinski definition) is 0. The fraction of sp³-hybridized carbons (Fsp3) is 0.222. The Hall–Kier alpha value is -2.12. The highest BCUT2D eigenvalue weighted by molar-refractivity contribution is 5.97. The summed E-state index contributed by atoms with van der Waals surface area (Å²) in [5, 5.41) is 10.4. The van der Waals surface area contributed by atoms with Gasteiger partial charge in [-0.3, -0.25) is 14.9 Å². The number of nitrogens with zero attached hydrogens (tertiary/aromatic N) is 1. The van der Waals surface area contributed by atoms with Crippen molar-refractivity contribution in [1.29, 1.82) is 0 Å². The predicted molar refractivity (Wildman–Crippen MR) is 49.8 cm³/mol. The number of halogens is 3. The van der Waals surface area contributed by atoms with Gasteiger partial charge < -0.3 is 4.74 Å². The van der Waals surface area contributed by atoms with Crippen molar-refractivity contribution >= 4 is 11.5 Å². The van der Waals surface area contributed by atoms with Crippen LogP contribution in [0.1, 0.15) is 17.3 Å². The lowest BCUT2D eigenvalue weighted by Crippen LogP contribution is -2.18. The van der Waals surface area contributed by atoms with Crippen LogP contribution in [0.4, 0.5) is 18.9 Å². The molecular formula is C9H6F3NO4. The number of ketones is 1. The molecule has 0 fully saturated rings. The smallest absolute Gasteiger partial charge is 0.405 e. The molecular weight excluding hydrogens is 243 g/mol.